The van der Waals surface area contributed by atoms with Gasteiger partial charge in [0, 0.05) is 18.9 Å². The highest BCUT2D eigenvalue weighted by Crippen LogP contribution is 2.32. The topological polar surface area (TPSA) is 72.6 Å². The van der Waals surface area contributed by atoms with Crippen molar-refractivity contribution in [2.45, 2.75) is 31.0 Å². The molecule has 0 radical (unpaired) electrons. The summed E-state index contributed by atoms with van der Waals surface area (Å²) in [6, 6.07) is 19.9. The maximum atomic E-state index is 13.4. The van der Waals surface area contributed by atoms with Crippen LogP contribution in [0.5, 0.6) is 0 Å². The molecule has 1 N–H and O–H groups in total. The van der Waals surface area contributed by atoms with Gasteiger partial charge >= 0.3 is 5.97 Å². The number of benzene rings is 2. The van der Waals surface area contributed by atoms with E-state index in [0.29, 0.717) is 17.7 Å². The summed E-state index contributed by atoms with van der Waals surface area (Å²) in [7, 11) is 2.18. The van der Waals surface area contributed by atoms with Crippen molar-refractivity contribution in [2.75, 3.05) is 26.7 Å². The second kappa shape index (κ2) is 9.04. The van der Waals surface area contributed by atoms with Gasteiger partial charge in [-0.05, 0) is 17.5 Å². The predicted molar refractivity (Wildman–Crippen MR) is 116 cm³/mol. The lowest BCUT2D eigenvalue weighted by atomic mass is 9.86. The van der Waals surface area contributed by atoms with Crippen molar-refractivity contribution in [3.8, 4) is 0 Å². The Hall–Kier alpha value is -2.96. The van der Waals surface area contributed by atoms with E-state index >= 15 is 0 Å². The summed E-state index contributed by atoms with van der Waals surface area (Å²) in [5, 5.41) is 15.6. The van der Waals surface area contributed by atoms with Crippen LogP contribution in [0.25, 0.3) is 0 Å². The quantitative estimate of drug-likeness (QED) is 0.468. The number of piperidine rings is 1. The van der Waals surface area contributed by atoms with Crippen LogP contribution in [0, 0.1) is 0 Å². The molecular weight excluding hydrogens is 392 g/mol. The first-order valence-electron chi connectivity index (χ1n) is 10.8. The first-order chi connectivity index (χ1) is 15.0. The van der Waals surface area contributed by atoms with Gasteiger partial charge in [-0.1, -0.05) is 65.8 Å². The number of esters is 1. The van der Waals surface area contributed by atoms with Crippen LogP contribution in [0.4, 0.5) is 0 Å². The average Bonchev–Trinajstić information content (AvgIpc) is 3.32. The minimum Gasteiger partial charge on any atom is -0.454 e. The molecule has 1 aromatic heterocycles. The number of carbonyl (C=O) groups excluding carboxylic acids is 1. The first-order valence-corrected chi connectivity index (χ1v) is 10.8. The number of likely N-dealkylation sites (N-methyl/N-ethyl adjacent to an activating group) is 1. The van der Waals surface area contributed by atoms with Crippen molar-refractivity contribution in [1.82, 2.24) is 5.16 Å². The van der Waals surface area contributed by atoms with E-state index in [9.17, 15) is 9.90 Å². The Balaban J connectivity index is 1.50. The summed E-state index contributed by atoms with van der Waals surface area (Å²) >= 11 is 0. The highest BCUT2D eigenvalue weighted by atomic mass is 16.6. The smallest absolute Gasteiger partial charge is 0.348 e. The lowest BCUT2D eigenvalue weighted by Gasteiger charge is -2.41. The maximum Gasteiger partial charge on any atom is 0.348 e. The Kier molecular flexibility index (Phi) is 6.20. The third kappa shape index (κ3) is 4.70. The molecule has 162 valence electrons. The van der Waals surface area contributed by atoms with Crippen LogP contribution < -0.4 is 0 Å². The standard InChI is InChI=1S/C25H29N2O4/c1-27(17-14-22-15-18-30-26-22)16-8-13-23(19-27)31-24(28)25(29,20-9-4-2-5-10-20)21-11-6-3-7-12-21/h2-7,9-12,15,18,23,29H,8,13-14,16-17,19H2,1H3/q+1. The fourth-order valence-corrected chi connectivity index (χ4v) is 4.42. The molecule has 0 amide bonds. The highest BCUT2D eigenvalue weighted by molar-refractivity contribution is 5.85. The predicted octanol–water partition coefficient (Wildman–Crippen LogP) is 3.31. The molecule has 4 rings (SSSR count). The number of ether oxygens (including phenoxy) is 1. The van der Waals surface area contributed by atoms with Crippen LogP contribution in [0.2, 0.25) is 0 Å². The second-order valence-corrected chi connectivity index (χ2v) is 8.60. The molecule has 0 aliphatic carbocycles. The third-order valence-electron chi connectivity index (χ3n) is 6.22. The molecule has 1 fully saturated rings. The van der Waals surface area contributed by atoms with Crippen molar-refractivity contribution in [3.63, 3.8) is 0 Å². The number of quaternary nitrogens is 1. The molecule has 31 heavy (non-hydrogen) atoms. The molecule has 2 heterocycles. The third-order valence-corrected chi connectivity index (χ3v) is 6.22. The molecule has 1 aliphatic heterocycles. The summed E-state index contributed by atoms with van der Waals surface area (Å²) < 4.78 is 11.7. The van der Waals surface area contributed by atoms with E-state index in [-0.39, 0.29) is 6.10 Å². The minimum absolute atomic E-state index is 0.248. The molecule has 1 saturated heterocycles. The summed E-state index contributed by atoms with van der Waals surface area (Å²) in [6.07, 6.45) is 3.91. The molecule has 6 nitrogen and oxygen atoms in total. The number of likely N-dealkylation sites (tertiary alicyclic amines) is 1. The molecule has 3 aromatic rings. The molecule has 0 spiro atoms. The Morgan fingerprint density at radius 3 is 2.35 bits per heavy atom. The summed E-state index contributed by atoms with van der Waals surface area (Å²) in [4.78, 5) is 13.4. The molecular formula is C25H29N2O4+. The summed E-state index contributed by atoms with van der Waals surface area (Å²) in [5.41, 5.74) is 0.0981. The number of rotatable bonds is 7. The number of nitrogens with zero attached hydrogens (tertiary/aromatic N) is 2. The highest BCUT2D eigenvalue weighted by Gasteiger charge is 2.44. The van der Waals surface area contributed by atoms with Crippen LogP contribution in [-0.4, -0.2) is 53.5 Å². The van der Waals surface area contributed by atoms with E-state index in [1.54, 1.807) is 30.5 Å². The fraction of sp³-hybridized carbons (Fsp3) is 0.360. The number of carbonyl (C=O) groups is 1. The van der Waals surface area contributed by atoms with Gasteiger partial charge in [-0.2, -0.15) is 0 Å². The van der Waals surface area contributed by atoms with Crippen molar-refractivity contribution in [1.29, 1.82) is 0 Å². The molecule has 2 aromatic carbocycles. The number of hydrogen-bond acceptors (Lipinski definition) is 5. The van der Waals surface area contributed by atoms with Gasteiger partial charge in [-0.3, -0.25) is 0 Å². The first kappa shape index (κ1) is 21.3. The van der Waals surface area contributed by atoms with E-state index in [0.717, 1.165) is 42.5 Å². The van der Waals surface area contributed by atoms with Crippen LogP contribution >= 0.6 is 0 Å². The van der Waals surface area contributed by atoms with Gasteiger partial charge < -0.3 is 18.8 Å². The average molecular weight is 422 g/mol. The molecule has 6 heteroatoms. The van der Waals surface area contributed by atoms with Gasteiger partial charge in [-0.15, -0.1) is 0 Å². The fourth-order valence-electron chi connectivity index (χ4n) is 4.42. The number of aliphatic hydroxyl groups is 1. The Morgan fingerprint density at radius 1 is 1.13 bits per heavy atom. The molecule has 0 saturated carbocycles. The van der Waals surface area contributed by atoms with Crippen LogP contribution in [0.15, 0.2) is 77.5 Å². The van der Waals surface area contributed by atoms with Crippen molar-refractivity contribution < 1.29 is 23.6 Å². The van der Waals surface area contributed by atoms with Crippen molar-refractivity contribution in [2.24, 2.45) is 0 Å². The van der Waals surface area contributed by atoms with Gasteiger partial charge in [0.25, 0.3) is 0 Å². The molecule has 2 unspecified atom stereocenters. The largest absolute Gasteiger partial charge is 0.454 e. The maximum absolute atomic E-state index is 13.4. The van der Waals surface area contributed by atoms with E-state index in [4.69, 9.17) is 9.26 Å². The van der Waals surface area contributed by atoms with Gasteiger partial charge in [0.1, 0.15) is 12.8 Å². The zero-order valence-electron chi connectivity index (χ0n) is 17.8. The molecule has 1 aliphatic rings. The Labute approximate surface area is 182 Å². The SMILES string of the molecule is C[N+]1(CCc2ccon2)CCCC(OC(=O)C(O)(c2ccccc2)c2ccccc2)C1. The van der Waals surface area contributed by atoms with Gasteiger partial charge in [-0.25, -0.2) is 4.79 Å². The Bertz CT molecular complexity index is 936. The van der Waals surface area contributed by atoms with E-state index in [1.807, 2.05) is 42.5 Å². The molecule has 0 bridgehead atoms. The second-order valence-electron chi connectivity index (χ2n) is 8.60. The monoisotopic (exact) mass is 421 g/mol. The zero-order chi connectivity index (χ0) is 21.7. The summed E-state index contributed by atoms with van der Waals surface area (Å²) in [6.45, 7) is 2.62. The lowest BCUT2D eigenvalue weighted by Crippen LogP contribution is -2.55. The van der Waals surface area contributed by atoms with E-state index in [1.165, 1.54) is 0 Å². The van der Waals surface area contributed by atoms with Gasteiger partial charge in [0.15, 0.2) is 6.10 Å². The van der Waals surface area contributed by atoms with Crippen molar-refractivity contribution in [3.05, 3.63) is 89.8 Å². The van der Waals surface area contributed by atoms with E-state index < -0.39 is 11.6 Å². The Morgan fingerprint density at radius 2 is 1.77 bits per heavy atom. The van der Waals surface area contributed by atoms with Gasteiger partial charge in [0.05, 0.1) is 25.8 Å². The van der Waals surface area contributed by atoms with E-state index in [2.05, 4.69) is 12.2 Å². The lowest BCUT2D eigenvalue weighted by molar-refractivity contribution is -0.916. The van der Waals surface area contributed by atoms with Gasteiger partial charge in [0.2, 0.25) is 5.60 Å². The number of aromatic nitrogens is 1. The summed E-state index contributed by atoms with van der Waals surface area (Å²) in [5.74, 6) is -0.625. The zero-order valence-corrected chi connectivity index (χ0v) is 17.8. The van der Waals surface area contributed by atoms with Crippen molar-refractivity contribution >= 4 is 5.97 Å². The molecule has 2 atom stereocenters. The van der Waals surface area contributed by atoms with Crippen LogP contribution in [-0.2, 0) is 21.6 Å². The van der Waals surface area contributed by atoms with Crippen LogP contribution in [0.3, 0.4) is 0 Å². The minimum atomic E-state index is -1.84. The normalized spacial score (nSPS) is 21.5. The van der Waals surface area contributed by atoms with Crippen LogP contribution in [0.1, 0.15) is 29.7 Å². The number of hydrogen-bond donors (Lipinski definition) is 1.